The van der Waals surface area contributed by atoms with Crippen molar-refractivity contribution in [3.05, 3.63) is 42.9 Å². The van der Waals surface area contributed by atoms with E-state index in [9.17, 15) is 0 Å². The maximum atomic E-state index is 4.27. The summed E-state index contributed by atoms with van der Waals surface area (Å²) in [6.45, 7) is 0. The second-order valence-electron chi connectivity index (χ2n) is 2.91. The highest BCUT2D eigenvalue weighted by Crippen LogP contribution is 2.14. The van der Waals surface area contributed by atoms with E-state index < -0.39 is 0 Å². The van der Waals surface area contributed by atoms with Crippen LogP contribution in [-0.2, 0) is 0 Å². The smallest absolute Gasteiger partial charge is 0.163 e. The van der Waals surface area contributed by atoms with Gasteiger partial charge in [-0.1, -0.05) is 6.07 Å². The fourth-order valence-electron chi connectivity index (χ4n) is 1.54. The van der Waals surface area contributed by atoms with Crippen molar-refractivity contribution in [1.82, 2.24) is 14.4 Å². The van der Waals surface area contributed by atoms with Crippen molar-refractivity contribution in [2.45, 2.75) is 0 Å². The summed E-state index contributed by atoms with van der Waals surface area (Å²) in [5.74, 6) is 0. The topological polar surface area (TPSA) is 30.2 Å². The molecule has 0 saturated carbocycles. The highest BCUT2D eigenvalue weighted by atomic mass is 15.0. The summed E-state index contributed by atoms with van der Waals surface area (Å²) in [5.41, 5.74) is 2.98. The summed E-state index contributed by atoms with van der Waals surface area (Å²) in [7, 11) is 0. The van der Waals surface area contributed by atoms with Crippen LogP contribution in [0.5, 0.6) is 0 Å². The predicted octanol–water partition coefficient (Wildman–Crippen LogP) is 1.88. The quantitative estimate of drug-likeness (QED) is 0.514. The summed E-state index contributed by atoms with van der Waals surface area (Å²) in [4.78, 5) is 8.50. The minimum Gasteiger partial charge on any atom is -0.300 e. The molecule has 3 aromatic heterocycles. The molecular formula is C10H7N3. The van der Waals surface area contributed by atoms with Crippen molar-refractivity contribution in [2.75, 3.05) is 0 Å². The molecule has 0 aliphatic carbocycles. The fraction of sp³-hybridized carbons (Fsp3) is 0. The SMILES string of the molecule is c1ccn2c(c1)cc1nccnc12. The fourth-order valence-corrected chi connectivity index (χ4v) is 1.54. The number of aromatic nitrogens is 3. The molecule has 0 N–H and O–H groups in total. The molecule has 0 saturated heterocycles. The van der Waals surface area contributed by atoms with Crippen LogP contribution in [-0.4, -0.2) is 14.4 Å². The van der Waals surface area contributed by atoms with Gasteiger partial charge in [-0.15, -0.1) is 0 Å². The third-order valence-corrected chi connectivity index (χ3v) is 2.11. The minimum absolute atomic E-state index is 0.915. The Bertz CT molecular complexity index is 518. The zero-order valence-electron chi connectivity index (χ0n) is 6.88. The predicted molar refractivity (Wildman–Crippen MR) is 50.5 cm³/mol. The molecule has 3 heteroatoms. The van der Waals surface area contributed by atoms with Crippen LogP contribution in [0.25, 0.3) is 16.7 Å². The van der Waals surface area contributed by atoms with E-state index in [0.717, 1.165) is 16.7 Å². The van der Waals surface area contributed by atoms with E-state index in [0.29, 0.717) is 0 Å². The molecule has 13 heavy (non-hydrogen) atoms. The number of rotatable bonds is 0. The lowest BCUT2D eigenvalue weighted by Crippen LogP contribution is -1.84. The van der Waals surface area contributed by atoms with E-state index in [4.69, 9.17) is 0 Å². The van der Waals surface area contributed by atoms with Gasteiger partial charge in [0.2, 0.25) is 0 Å². The first-order valence-electron chi connectivity index (χ1n) is 4.12. The molecule has 0 radical (unpaired) electrons. The standard InChI is InChI=1S/C10H7N3/c1-2-6-13-8(3-1)7-9-10(13)12-5-4-11-9/h1-7H. The van der Waals surface area contributed by atoms with Gasteiger partial charge in [-0.2, -0.15) is 0 Å². The number of pyridine rings is 1. The normalized spacial score (nSPS) is 11.1. The molecule has 0 aromatic carbocycles. The van der Waals surface area contributed by atoms with Crippen LogP contribution < -0.4 is 0 Å². The van der Waals surface area contributed by atoms with E-state index in [-0.39, 0.29) is 0 Å². The minimum atomic E-state index is 0.915. The lowest BCUT2D eigenvalue weighted by molar-refractivity contribution is 1.17. The van der Waals surface area contributed by atoms with E-state index in [2.05, 4.69) is 9.97 Å². The van der Waals surface area contributed by atoms with Gasteiger partial charge in [-0.05, 0) is 18.2 Å². The van der Waals surface area contributed by atoms with Gasteiger partial charge in [-0.25, -0.2) is 4.98 Å². The molecule has 0 unspecified atom stereocenters. The van der Waals surface area contributed by atoms with Crippen molar-refractivity contribution in [3.8, 4) is 0 Å². The Kier molecular flexibility index (Phi) is 1.16. The first kappa shape index (κ1) is 6.60. The molecule has 3 rings (SSSR count). The second kappa shape index (κ2) is 2.29. The van der Waals surface area contributed by atoms with Crippen LogP contribution in [0.3, 0.4) is 0 Å². The first-order valence-corrected chi connectivity index (χ1v) is 4.12. The van der Waals surface area contributed by atoms with Crippen LogP contribution in [0.1, 0.15) is 0 Å². The molecule has 62 valence electrons. The third kappa shape index (κ3) is 0.839. The molecule has 0 amide bonds. The summed E-state index contributed by atoms with van der Waals surface area (Å²) >= 11 is 0. The van der Waals surface area contributed by atoms with Crippen molar-refractivity contribution in [3.63, 3.8) is 0 Å². The molecular weight excluding hydrogens is 162 g/mol. The van der Waals surface area contributed by atoms with Crippen molar-refractivity contribution >= 4 is 16.7 Å². The molecule has 0 aliphatic heterocycles. The highest BCUT2D eigenvalue weighted by molar-refractivity contribution is 5.80. The van der Waals surface area contributed by atoms with Gasteiger partial charge in [0.1, 0.15) is 5.52 Å². The van der Waals surface area contributed by atoms with Gasteiger partial charge in [0.25, 0.3) is 0 Å². The van der Waals surface area contributed by atoms with Gasteiger partial charge >= 0.3 is 0 Å². The maximum Gasteiger partial charge on any atom is 0.163 e. The van der Waals surface area contributed by atoms with Crippen LogP contribution in [0.2, 0.25) is 0 Å². The summed E-state index contributed by atoms with van der Waals surface area (Å²) in [5, 5.41) is 0. The lowest BCUT2D eigenvalue weighted by atomic mass is 10.4. The van der Waals surface area contributed by atoms with Crippen molar-refractivity contribution in [1.29, 1.82) is 0 Å². The zero-order valence-corrected chi connectivity index (χ0v) is 6.88. The van der Waals surface area contributed by atoms with Crippen LogP contribution >= 0.6 is 0 Å². The zero-order chi connectivity index (χ0) is 8.67. The average Bonchev–Trinajstić information content (AvgIpc) is 2.56. The first-order chi connectivity index (χ1) is 6.45. The Balaban J connectivity index is 2.64. The second-order valence-corrected chi connectivity index (χ2v) is 2.91. The van der Waals surface area contributed by atoms with Crippen molar-refractivity contribution in [2.24, 2.45) is 0 Å². The number of hydrogen-bond donors (Lipinski definition) is 0. The number of fused-ring (bicyclic) bond motifs is 3. The van der Waals surface area contributed by atoms with E-state index in [1.54, 1.807) is 12.4 Å². The number of hydrogen-bond acceptors (Lipinski definition) is 2. The Morgan fingerprint density at radius 3 is 3.00 bits per heavy atom. The van der Waals surface area contributed by atoms with Crippen molar-refractivity contribution < 1.29 is 0 Å². The van der Waals surface area contributed by atoms with Crippen LogP contribution in [0.4, 0.5) is 0 Å². The van der Waals surface area contributed by atoms with Gasteiger partial charge in [0, 0.05) is 24.1 Å². The largest absolute Gasteiger partial charge is 0.300 e. The van der Waals surface area contributed by atoms with Gasteiger partial charge in [-0.3, -0.25) is 9.38 Å². The Morgan fingerprint density at radius 1 is 1.08 bits per heavy atom. The van der Waals surface area contributed by atoms with Gasteiger partial charge < -0.3 is 0 Å². The van der Waals surface area contributed by atoms with E-state index >= 15 is 0 Å². The monoisotopic (exact) mass is 169 g/mol. The Labute approximate surface area is 74.7 Å². The summed E-state index contributed by atoms with van der Waals surface area (Å²) in [6, 6.07) is 8.07. The molecule has 0 atom stereocenters. The Hall–Kier alpha value is -1.90. The third-order valence-electron chi connectivity index (χ3n) is 2.11. The molecule has 3 aromatic rings. The molecule has 0 bridgehead atoms. The molecule has 0 aliphatic rings. The van der Waals surface area contributed by atoms with E-state index in [1.165, 1.54) is 0 Å². The van der Waals surface area contributed by atoms with Gasteiger partial charge in [0.15, 0.2) is 5.65 Å². The molecule has 0 fully saturated rings. The Morgan fingerprint density at radius 2 is 2.00 bits per heavy atom. The lowest BCUT2D eigenvalue weighted by Gasteiger charge is -1.92. The summed E-state index contributed by atoms with van der Waals surface area (Å²) < 4.78 is 2.03. The van der Waals surface area contributed by atoms with Crippen LogP contribution in [0.15, 0.2) is 42.9 Å². The maximum absolute atomic E-state index is 4.27. The molecule has 3 nitrogen and oxygen atoms in total. The number of nitrogens with zero attached hydrogens (tertiary/aromatic N) is 3. The molecule has 0 spiro atoms. The average molecular weight is 169 g/mol. The highest BCUT2D eigenvalue weighted by Gasteiger charge is 2.01. The van der Waals surface area contributed by atoms with E-state index in [1.807, 2.05) is 34.9 Å². The summed E-state index contributed by atoms with van der Waals surface area (Å²) in [6.07, 6.45) is 5.41. The molecule has 3 heterocycles. The van der Waals surface area contributed by atoms with Gasteiger partial charge in [0.05, 0.1) is 0 Å². The van der Waals surface area contributed by atoms with Crippen LogP contribution in [0, 0.1) is 0 Å².